The van der Waals surface area contributed by atoms with Crippen LogP contribution in [0, 0.1) is 6.92 Å². The number of carbonyl (C=O) groups is 1. The molecule has 0 aliphatic rings. The molecule has 0 saturated heterocycles. The molecule has 4 nitrogen and oxygen atoms in total. The van der Waals surface area contributed by atoms with E-state index in [-0.39, 0.29) is 4.83 Å². The number of esters is 1. The second-order valence-corrected chi connectivity index (χ2v) is 6.66. The van der Waals surface area contributed by atoms with Crippen LogP contribution in [-0.2, 0) is 11.2 Å². The molecule has 2 rings (SSSR count). The first-order valence-electron chi connectivity index (χ1n) is 6.37. The van der Waals surface area contributed by atoms with Crippen molar-refractivity contribution in [3.63, 3.8) is 0 Å². The molecule has 112 valence electrons. The number of ether oxygens (including phenoxy) is 1. The van der Waals surface area contributed by atoms with Gasteiger partial charge >= 0.3 is 11.6 Å². The summed E-state index contributed by atoms with van der Waals surface area (Å²) in [6.45, 7) is 3.20. The van der Waals surface area contributed by atoms with Crippen molar-refractivity contribution < 1.29 is 13.9 Å². The first-order chi connectivity index (χ1) is 9.92. The second kappa shape index (κ2) is 6.75. The summed E-state index contributed by atoms with van der Waals surface area (Å²) in [4.78, 5) is 23.0. The first kappa shape index (κ1) is 16.2. The molecule has 0 fully saturated rings. The van der Waals surface area contributed by atoms with Crippen LogP contribution < -0.4 is 10.4 Å². The van der Waals surface area contributed by atoms with E-state index in [1.165, 1.54) is 13.0 Å². The van der Waals surface area contributed by atoms with E-state index >= 15 is 0 Å². The van der Waals surface area contributed by atoms with Gasteiger partial charge in [0.05, 0.1) is 0 Å². The van der Waals surface area contributed by atoms with Crippen LogP contribution in [0.4, 0.5) is 0 Å². The summed E-state index contributed by atoms with van der Waals surface area (Å²) in [5.41, 5.74) is 1.61. The monoisotopic (exact) mass is 416 g/mol. The van der Waals surface area contributed by atoms with Crippen LogP contribution in [0.5, 0.6) is 5.75 Å². The number of benzene rings is 1. The van der Waals surface area contributed by atoms with E-state index in [9.17, 15) is 9.59 Å². The highest BCUT2D eigenvalue weighted by atomic mass is 79.9. The number of fused-ring (bicyclic) bond motifs is 1. The number of alkyl halides is 2. The maximum atomic E-state index is 11.6. The maximum absolute atomic E-state index is 11.6. The fraction of sp³-hybridized carbons (Fsp3) is 0.333. The highest BCUT2D eigenvalue weighted by molar-refractivity contribution is 9.12. The van der Waals surface area contributed by atoms with Crippen molar-refractivity contribution in [1.82, 2.24) is 0 Å². The van der Waals surface area contributed by atoms with Crippen molar-refractivity contribution in [2.24, 2.45) is 0 Å². The van der Waals surface area contributed by atoms with Crippen molar-refractivity contribution in [1.29, 1.82) is 0 Å². The Hall–Kier alpha value is -1.14. The minimum absolute atomic E-state index is 0.128. The zero-order chi connectivity index (χ0) is 15.6. The number of hydrogen-bond acceptors (Lipinski definition) is 4. The minimum atomic E-state index is -0.411. The van der Waals surface area contributed by atoms with E-state index in [0.29, 0.717) is 23.3 Å². The van der Waals surface area contributed by atoms with E-state index in [1.807, 2.05) is 6.92 Å². The van der Waals surface area contributed by atoms with Crippen molar-refractivity contribution in [3.05, 3.63) is 39.7 Å². The molecule has 0 aliphatic carbocycles. The van der Waals surface area contributed by atoms with Gasteiger partial charge in [-0.25, -0.2) is 4.79 Å². The summed E-state index contributed by atoms with van der Waals surface area (Å²) in [6, 6.07) is 4.99. The number of carbonyl (C=O) groups excluding carboxylic acids is 1. The Bertz CT molecular complexity index is 736. The van der Waals surface area contributed by atoms with Gasteiger partial charge in [0.1, 0.15) is 11.3 Å². The van der Waals surface area contributed by atoms with Crippen LogP contribution >= 0.6 is 31.9 Å². The fourth-order valence-electron chi connectivity index (χ4n) is 2.14. The number of rotatable bonds is 4. The smallest absolute Gasteiger partial charge is 0.336 e. The Morgan fingerprint density at radius 2 is 2.14 bits per heavy atom. The van der Waals surface area contributed by atoms with Gasteiger partial charge in [0.15, 0.2) is 0 Å². The van der Waals surface area contributed by atoms with Crippen LogP contribution in [0.3, 0.4) is 0 Å². The SMILES string of the molecule is CC(=O)Oc1ccc2c(C)cc(=O)oc2c1CC(Br)CBr. The average molecular weight is 418 g/mol. The molecule has 0 amide bonds. The lowest BCUT2D eigenvalue weighted by Crippen LogP contribution is -2.10. The van der Waals surface area contributed by atoms with Gasteiger partial charge in [-0.2, -0.15) is 0 Å². The van der Waals surface area contributed by atoms with Crippen LogP contribution in [0.25, 0.3) is 11.0 Å². The Labute approximate surface area is 138 Å². The minimum Gasteiger partial charge on any atom is -0.426 e. The molecule has 1 aromatic heterocycles. The zero-order valence-corrected chi connectivity index (χ0v) is 14.8. The quantitative estimate of drug-likeness (QED) is 0.329. The van der Waals surface area contributed by atoms with Crippen molar-refractivity contribution in [2.45, 2.75) is 25.1 Å². The van der Waals surface area contributed by atoms with Crippen LogP contribution in [0.1, 0.15) is 18.1 Å². The molecule has 1 unspecified atom stereocenters. The third-order valence-electron chi connectivity index (χ3n) is 3.03. The fourth-order valence-corrected chi connectivity index (χ4v) is 2.69. The maximum Gasteiger partial charge on any atom is 0.336 e. The van der Waals surface area contributed by atoms with E-state index in [4.69, 9.17) is 9.15 Å². The molecular formula is C15H14Br2O4. The molecule has 0 spiro atoms. The molecule has 1 atom stereocenters. The molecule has 6 heteroatoms. The molecular weight excluding hydrogens is 404 g/mol. The first-order valence-corrected chi connectivity index (χ1v) is 8.41. The largest absolute Gasteiger partial charge is 0.426 e. The van der Waals surface area contributed by atoms with Gasteiger partial charge in [0.25, 0.3) is 0 Å². The van der Waals surface area contributed by atoms with Gasteiger partial charge in [0, 0.05) is 34.1 Å². The number of hydrogen-bond donors (Lipinski definition) is 0. The normalized spacial score (nSPS) is 12.4. The zero-order valence-electron chi connectivity index (χ0n) is 11.6. The highest BCUT2D eigenvalue weighted by Crippen LogP contribution is 2.31. The number of aryl methyl sites for hydroxylation is 1. The molecule has 0 aliphatic heterocycles. The molecule has 1 heterocycles. The summed E-state index contributed by atoms with van der Waals surface area (Å²) in [5.74, 6) is 0.0183. The molecule has 0 saturated carbocycles. The predicted octanol–water partition coefficient (Wildman–Crippen LogP) is 3.73. The Balaban J connectivity index is 2.70. The standard InChI is InChI=1S/C15H14Br2O4/c1-8-5-14(19)21-15-11(8)3-4-13(20-9(2)18)12(15)6-10(17)7-16/h3-5,10H,6-7H2,1-2H3. The van der Waals surface area contributed by atoms with Crippen LogP contribution in [-0.4, -0.2) is 16.1 Å². The van der Waals surface area contributed by atoms with Gasteiger partial charge in [0.2, 0.25) is 0 Å². The Morgan fingerprint density at radius 3 is 2.76 bits per heavy atom. The topological polar surface area (TPSA) is 56.5 Å². The lowest BCUT2D eigenvalue weighted by Gasteiger charge is -2.14. The van der Waals surface area contributed by atoms with Gasteiger partial charge in [-0.15, -0.1) is 0 Å². The van der Waals surface area contributed by atoms with Gasteiger partial charge in [-0.05, 0) is 31.0 Å². The average Bonchev–Trinajstić information content (AvgIpc) is 2.40. The van der Waals surface area contributed by atoms with E-state index < -0.39 is 11.6 Å². The van der Waals surface area contributed by atoms with E-state index in [0.717, 1.165) is 16.3 Å². The summed E-state index contributed by atoms with van der Waals surface area (Å²) in [7, 11) is 0. The summed E-state index contributed by atoms with van der Waals surface area (Å²) in [5, 5.41) is 1.56. The molecule has 1 aromatic carbocycles. The van der Waals surface area contributed by atoms with Crippen LogP contribution in [0.2, 0.25) is 0 Å². The lowest BCUT2D eigenvalue weighted by atomic mass is 10.0. The molecule has 0 bridgehead atoms. The second-order valence-electron chi connectivity index (χ2n) is 4.72. The third-order valence-corrected chi connectivity index (χ3v) is 5.32. The Kier molecular flexibility index (Phi) is 5.22. The van der Waals surface area contributed by atoms with E-state index in [1.54, 1.807) is 12.1 Å². The Morgan fingerprint density at radius 1 is 1.43 bits per heavy atom. The van der Waals surface area contributed by atoms with Crippen LogP contribution in [0.15, 0.2) is 27.4 Å². The summed E-state index contributed by atoms with van der Waals surface area (Å²) in [6.07, 6.45) is 0.567. The lowest BCUT2D eigenvalue weighted by molar-refractivity contribution is -0.131. The van der Waals surface area contributed by atoms with Crippen molar-refractivity contribution in [2.75, 3.05) is 5.33 Å². The molecule has 21 heavy (non-hydrogen) atoms. The molecule has 2 aromatic rings. The summed E-state index contributed by atoms with van der Waals surface area (Å²) < 4.78 is 10.6. The van der Waals surface area contributed by atoms with Crippen molar-refractivity contribution in [3.8, 4) is 5.75 Å². The summed E-state index contributed by atoms with van der Waals surface area (Å²) >= 11 is 6.92. The molecule has 0 radical (unpaired) electrons. The number of halogens is 2. The van der Waals surface area contributed by atoms with E-state index in [2.05, 4.69) is 31.9 Å². The third kappa shape index (κ3) is 3.74. The van der Waals surface area contributed by atoms with Gasteiger partial charge < -0.3 is 9.15 Å². The van der Waals surface area contributed by atoms with Gasteiger partial charge in [-0.3, -0.25) is 4.79 Å². The predicted molar refractivity (Wildman–Crippen MR) is 88.7 cm³/mol. The van der Waals surface area contributed by atoms with Gasteiger partial charge in [-0.1, -0.05) is 31.9 Å². The molecule has 0 N–H and O–H groups in total. The highest BCUT2D eigenvalue weighted by Gasteiger charge is 2.17. The van der Waals surface area contributed by atoms with Crippen molar-refractivity contribution >= 4 is 48.8 Å².